The maximum atomic E-state index is 14.6. The lowest BCUT2D eigenvalue weighted by Crippen LogP contribution is -2.52. The van der Waals surface area contributed by atoms with E-state index in [2.05, 4.69) is 32.9 Å². The molecule has 8 atom stereocenters. The molecule has 2 saturated heterocycles. The van der Waals surface area contributed by atoms with E-state index in [0.29, 0.717) is 30.7 Å². The summed E-state index contributed by atoms with van der Waals surface area (Å²) in [6, 6.07) is -0.0473. The van der Waals surface area contributed by atoms with Crippen molar-refractivity contribution in [3.05, 3.63) is 21.8 Å². The third-order valence-electron chi connectivity index (χ3n) is 9.29. The summed E-state index contributed by atoms with van der Waals surface area (Å²) in [5.74, 6) is 2.56. The molecule has 0 spiro atoms. The quantitative estimate of drug-likeness (QED) is 0.532. The van der Waals surface area contributed by atoms with E-state index >= 15 is 0 Å². The molecule has 0 radical (unpaired) electrons. The summed E-state index contributed by atoms with van der Waals surface area (Å²) in [5.41, 5.74) is 9.36. The van der Waals surface area contributed by atoms with Crippen molar-refractivity contribution in [2.24, 2.45) is 28.5 Å². The van der Waals surface area contributed by atoms with Crippen LogP contribution in [0.5, 0.6) is 0 Å². The number of anilines is 1. The van der Waals surface area contributed by atoms with E-state index in [1.807, 2.05) is 6.21 Å². The first kappa shape index (κ1) is 21.4. The Hall–Kier alpha value is -1.88. The highest BCUT2D eigenvalue weighted by molar-refractivity contribution is 7.09. The van der Waals surface area contributed by atoms with Gasteiger partial charge >= 0.3 is 0 Å². The number of likely N-dealkylation sites (tertiary alicyclic amines) is 1. The number of aromatic amines is 1. The lowest BCUT2D eigenvalue weighted by Gasteiger charge is -2.43. The number of aliphatic imine (C=N–C) groups is 1. The zero-order valence-corrected chi connectivity index (χ0v) is 20.3. The molecule has 5 N–H and O–H groups in total. The summed E-state index contributed by atoms with van der Waals surface area (Å²) >= 11 is 1.76. The molecule has 6 unspecified atom stereocenters. The van der Waals surface area contributed by atoms with Crippen LogP contribution in [0.1, 0.15) is 48.0 Å². The SMILES string of the molecule is Cc1csc(C2(CN)[C@@H]3CN(C4C=Nc5c(C6CCNC7C(F)CCCC67)n[nH]c5N4)C[C@@H]32)n1. The Morgan fingerprint density at radius 2 is 2.12 bits per heavy atom. The van der Waals surface area contributed by atoms with Crippen molar-refractivity contribution < 1.29 is 4.39 Å². The minimum atomic E-state index is -0.752. The molecule has 10 heteroatoms. The first-order chi connectivity index (χ1) is 16.6. The molecule has 3 aliphatic heterocycles. The fourth-order valence-corrected chi connectivity index (χ4v) is 8.63. The molecule has 2 saturated carbocycles. The van der Waals surface area contributed by atoms with Crippen molar-refractivity contribution in [2.75, 3.05) is 31.5 Å². The van der Waals surface area contributed by atoms with Gasteiger partial charge in [0.15, 0.2) is 0 Å². The van der Waals surface area contributed by atoms with Gasteiger partial charge in [0.25, 0.3) is 0 Å². The van der Waals surface area contributed by atoms with Gasteiger partial charge in [0.05, 0.1) is 5.69 Å². The van der Waals surface area contributed by atoms with Crippen LogP contribution in [0, 0.1) is 24.7 Å². The molecule has 8 nitrogen and oxygen atoms in total. The standard InChI is InChI=1S/C24H33FN8S/c1-12-10-34-23(29-12)24(11-26)15-8-33(9-16(15)24)18-7-28-21-20(31-32-22(21)30-18)14-5-6-27-19-13(14)3-2-4-17(19)25/h7,10,13-19,27H,2-6,8-9,11,26H2,1H3,(H2,30,31,32)/t13?,14?,15-,16+,17?,18?,19?,24?. The number of hydrogen-bond acceptors (Lipinski definition) is 8. The monoisotopic (exact) mass is 484 g/mol. The number of alkyl halides is 1. The molecule has 2 aromatic heterocycles. The molecular weight excluding hydrogens is 451 g/mol. The first-order valence-electron chi connectivity index (χ1n) is 12.7. The number of nitrogens with one attached hydrogen (secondary N) is 3. The van der Waals surface area contributed by atoms with Gasteiger partial charge < -0.3 is 16.4 Å². The van der Waals surface area contributed by atoms with Gasteiger partial charge in [-0.1, -0.05) is 6.42 Å². The zero-order chi connectivity index (χ0) is 23.0. The summed E-state index contributed by atoms with van der Waals surface area (Å²) < 4.78 is 14.6. The number of H-pyrrole nitrogens is 1. The second-order valence-corrected chi connectivity index (χ2v) is 11.7. The third-order valence-corrected chi connectivity index (χ3v) is 10.4. The van der Waals surface area contributed by atoms with Crippen LogP contribution in [-0.2, 0) is 5.41 Å². The average Bonchev–Trinajstić information content (AvgIpc) is 3.34. The highest BCUT2D eigenvalue weighted by Gasteiger charge is 2.70. The van der Waals surface area contributed by atoms with Crippen molar-refractivity contribution in [2.45, 2.75) is 62.3 Å². The number of rotatable bonds is 4. The Kier molecular flexibility index (Phi) is 4.92. The second-order valence-electron chi connectivity index (χ2n) is 10.9. The predicted molar refractivity (Wildman–Crippen MR) is 132 cm³/mol. The van der Waals surface area contributed by atoms with Crippen molar-refractivity contribution >= 4 is 29.1 Å². The highest BCUT2D eigenvalue weighted by Crippen LogP contribution is 2.63. The number of aryl methyl sites for hydroxylation is 1. The van der Waals surface area contributed by atoms with Crippen molar-refractivity contribution in [3.63, 3.8) is 0 Å². The van der Waals surface area contributed by atoms with Gasteiger partial charge in [-0.25, -0.2) is 9.37 Å². The van der Waals surface area contributed by atoms with E-state index in [0.717, 1.165) is 61.8 Å². The Labute approximate surface area is 203 Å². The molecule has 7 rings (SSSR count). The van der Waals surface area contributed by atoms with Gasteiger partial charge in [0, 0.05) is 54.3 Å². The van der Waals surface area contributed by atoms with E-state index in [1.165, 1.54) is 5.01 Å². The van der Waals surface area contributed by atoms with Crippen LogP contribution in [-0.4, -0.2) is 70.9 Å². The fourth-order valence-electron chi connectivity index (χ4n) is 7.49. The van der Waals surface area contributed by atoms with Gasteiger partial charge in [-0.05, 0) is 50.5 Å². The van der Waals surface area contributed by atoms with E-state index in [1.54, 1.807) is 11.3 Å². The topological polar surface area (TPSA) is 107 Å². The van der Waals surface area contributed by atoms with Crippen molar-refractivity contribution in [1.82, 2.24) is 25.4 Å². The van der Waals surface area contributed by atoms with Crippen LogP contribution in [0.2, 0.25) is 0 Å². The number of nitrogens with two attached hydrogens (primary N) is 1. The first-order valence-corrected chi connectivity index (χ1v) is 13.6. The molecule has 34 heavy (non-hydrogen) atoms. The highest BCUT2D eigenvalue weighted by atomic mass is 32.1. The van der Waals surface area contributed by atoms with Gasteiger partial charge in [-0.15, -0.1) is 11.3 Å². The van der Waals surface area contributed by atoms with E-state index < -0.39 is 6.17 Å². The van der Waals surface area contributed by atoms with Crippen molar-refractivity contribution in [1.29, 1.82) is 0 Å². The largest absolute Gasteiger partial charge is 0.348 e. The Morgan fingerprint density at radius 1 is 1.26 bits per heavy atom. The minimum absolute atomic E-state index is 0.0473. The van der Waals surface area contributed by atoms with Crippen LogP contribution >= 0.6 is 11.3 Å². The molecule has 5 aliphatic rings. The van der Waals surface area contributed by atoms with Gasteiger partial charge in [0.2, 0.25) is 0 Å². The van der Waals surface area contributed by atoms with Crippen LogP contribution in [0.15, 0.2) is 10.4 Å². The molecule has 5 heterocycles. The second kappa shape index (κ2) is 7.81. The molecule has 2 aromatic rings. The van der Waals surface area contributed by atoms with E-state index in [9.17, 15) is 4.39 Å². The molecule has 0 bridgehead atoms. The number of thiazole rings is 1. The predicted octanol–water partition coefficient (Wildman–Crippen LogP) is 2.67. The van der Waals surface area contributed by atoms with Gasteiger partial charge in [0.1, 0.15) is 28.9 Å². The molecule has 0 aromatic carbocycles. The summed E-state index contributed by atoms with van der Waals surface area (Å²) in [6.07, 6.45) is 5.00. The van der Waals surface area contributed by atoms with Crippen LogP contribution in [0.3, 0.4) is 0 Å². The number of hydrogen-bond donors (Lipinski definition) is 4. The van der Waals surface area contributed by atoms with Crippen LogP contribution in [0.4, 0.5) is 15.9 Å². The minimum Gasteiger partial charge on any atom is -0.348 e. The lowest BCUT2D eigenvalue weighted by atomic mass is 9.70. The van der Waals surface area contributed by atoms with Crippen molar-refractivity contribution in [3.8, 4) is 0 Å². The maximum Gasteiger partial charge on any atom is 0.149 e. The zero-order valence-electron chi connectivity index (χ0n) is 19.5. The van der Waals surface area contributed by atoms with Crippen LogP contribution in [0.25, 0.3) is 0 Å². The average molecular weight is 485 g/mol. The number of nitrogens with zero attached hydrogens (tertiary/aromatic N) is 4. The molecule has 4 fully saturated rings. The Bertz CT molecular complexity index is 1100. The number of piperidine rings is 2. The summed E-state index contributed by atoms with van der Waals surface area (Å²) in [5, 5.41) is 18.3. The van der Waals surface area contributed by atoms with E-state index in [4.69, 9.17) is 20.8 Å². The number of halogens is 1. The Balaban J connectivity index is 1.06. The molecule has 2 aliphatic carbocycles. The molecular formula is C24H33FN8S. The maximum absolute atomic E-state index is 14.6. The molecule has 0 amide bonds. The normalized spacial score (nSPS) is 41.0. The van der Waals surface area contributed by atoms with Crippen LogP contribution < -0.4 is 16.4 Å². The molecule has 182 valence electrons. The fraction of sp³-hybridized carbons (Fsp3) is 0.708. The number of aromatic nitrogens is 3. The van der Waals surface area contributed by atoms with Gasteiger partial charge in [-0.2, -0.15) is 5.10 Å². The lowest BCUT2D eigenvalue weighted by molar-refractivity contribution is 0.0928. The number of fused-ring (bicyclic) bond motifs is 3. The smallest absolute Gasteiger partial charge is 0.149 e. The van der Waals surface area contributed by atoms with Gasteiger partial charge in [-0.3, -0.25) is 15.0 Å². The Morgan fingerprint density at radius 3 is 2.88 bits per heavy atom. The summed E-state index contributed by atoms with van der Waals surface area (Å²) in [6.45, 7) is 5.56. The van der Waals surface area contributed by atoms with E-state index in [-0.39, 0.29) is 23.5 Å². The third kappa shape index (κ3) is 3.01. The summed E-state index contributed by atoms with van der Waals surface area (Å²) in [7, 11) is 0. The summed E-state index contributed by atoms with van der Waals surface area (Å²) in [4.78, 5) is 12.1.